The average molecular weight is 351 g/mol. The lowest BCUT2D eigenvalue weighted by Crippen LogP contribution is -2.42. The third-order valence-corrected chi connectivity index (χ3v) is 2.80. The highest BCUT2D eigenvalue weighted by Gasteiger charge is 2.24. The van der Waals surface area contributed by atoms with Gasteiger partial charge in [-0.3, -0.25) is 4.90 Å². The van der Waals surface area contributed by atoms with Crippen molar-refractivity contribution < 1.29 is 19.1 Å². The summed E-state index contributed by atoms with van der Waals surface area (Å²) in [4.78, 5) is 25.7. The maximum atomic E-state index is 12.5. The Bertz CT molecular complexity index is 603. The molecule has 0 heterocycles. The van der Waals surface area contributed by atoms with E-state index in [1.165, 1.54) is 4.90 Å². The van der Waals surface area contributed by atoms with Gasteiger partial charge >= 0.3 is 12.2 Å². The first-order valence-corrected chi connectivity index (χ1v) is 8.20. The number of anilines is 2. The van der Waals surface area contributed by atoms with E-state index in [9.17, 15) is 9.59 Å². The number of nitrogens with zero attached hydrogens (tertiary/aromatic N) is 1. The van der Waals surface area contributed by atoms with Crippen molar-refractivity contribution in [1.82, 2.24) is 5.32 Å². The Morgan fingerprint density at radius 2 is 1.68 bits per heavy atom. The molecular weight excluding hydrogens is 322 g/mol. The number of nitrogens with two attached hydrogens (primary N) is 1. The Labute approximate surface area is 149 Å². The van der Waals surface area contributed by atoms with Crippen molar-refractivity contribution in [2.24, 2.45) is 0 Å². The molecule has 0 atom stereocenters. The number of amides is 2. The third kappa shape index (κ3) is 8.28. The van der Waals surface area contributed by atoms with Crippen molar-refractivity contribution in [2.45, 2.75) is 52.7 Å². The van der Waals surface area contributed by atoms with E-state index in [1.807, 2.05) is 0 Å². The number of carbonyl (C=O) groups excluding carboxylic acids is 2. The fourth-order valence-electron chi connectivity index (χ4n) is 1.92. The molecule has 1 aromatic carbocycles. The van der Waals surface area contributed by atoms with Crippen LogP contribution in [0.1, 0.15) is 41.5 Å². The number of alkyl carbamates (subject to hydrolysis) is 1. The van der Waals surface area contributed by atoms with Gasteiger partial charge in [0.1, 0.15) is 11.2 Å². The molecule has 0 spiro atoms. The molecule has 3 N–H and O–H groups in total. The molecule has 1 rings (SSSR count). The molecule has 7 heteroatoms. The second-order valence-electron chi connectivity index (χ2n) is 7.66. The summed E-state index contributed by atoms with van der Waals surface area (Å²) >= 11 is 0. The highest BCUT2D eigenvalue weighted by molar-refractivity contribution is 5.88. The van der Waals surface area contributed by atoms with Crippen molar-refractivity contribution in [3.8, 4) is 0 Å². The van der Waals surface area contributed by atoms with Gasteiger partial charge in [-0.15, -0.1) is 0 Å². The number of benzene rings is 1. The van der Waals surface area contributed by atoms with Crippen LogP contribution >= 0.6 is 0 Å². The zero-order chi connectivity index (χ0) is 19.3. The fourth-order valence-corrected chi connectivity index (χ4v) is 1.92. The highest BCUT2D eigenvalue weighted by atomic mass is 16.6. The summed E-state index contributed by atoms with van der Waals surface area (Å²) in [6, 6.07) is 6.92. The van der Waals surface area contributed by atoms with Crippen LogP contribution in [0.15, 0.2) is 24.3 Å². The van der Waals surface area contributed by atoms with Crippen LogP contribution in [-0.2, 0) is 9.47 Å². The molecule has 0 unspecified atom stereocenters. The summed E-state index contributed by atoms with van der Waals surface area (Å²) in [6.45, 7) is 11.2. The number of hydrogen-bond acceptors (Lipinski definition) is 5. The van der Waals surface area contributed by atoms with E-state index in [0.29, 0.717) is 11.4 Å². The van der Waals surface area contributed by atoms with Crippen molar-refractivity contribution in [1.29, 1.82) is 0 Å². The molecule has 2 amide bonds. The van der Waals surface area contributed by atoms with Gasteiger partial charge in [-0.2, -0.15) is 0 Å². The van der Waals surface area contributed by atoms with Crippen LogP contribution in [0.3, 0.4) is 0 Å². The SMILES string of the molecule is CC(C)(C)OC(=O)NCCN(C(=O)OC(C)(C)C)c1cccc(N)c1. The Hall–Kier alpha value is -2.44. The van der Waals surface area contributed by atoms with Crippen molar-refractivity contribution in [3.63, 3.8) is 0 Å². The molecule has 25 heavy (non-hydrogen) atoms. The predicted octanol–water partition coefficient (Wildman–Crippen LogP) is 3.54. The molecule has 0 aliphatic heterocycles. The fraction of sp³-hybridized carbons (Fsp3) is 0.556. The van der Waals surface area contributed by atoms with Gasteiger partial charge < -0.3 is 20.5 Å². The minimum atomic E-state index is -0.631. The second kappa shape index (κ2) is 8.09. The standard InChI is InChI=1S/C18H29N3O4/c1-17(2,3)24-15(22)20-10-11-21(16(23)25-18(4,5)6)14-9-7-8-13(19)12-14/h7-9,12H,10-11,19H2,1-6H3,(H,20,22). The first kappa shape index (κ1) is 20.6. The highest BCUT2D eigenvalue weighted by Crippen LogP contribution is 2.20. The first-order valence-electron chi connectivity index (χ1n) is 8.20. The van der Waals surface area contributed by atoms with E-state index in [4.69, 9.17) is 15.2 Å². The van der Waals surface area contributed by atoms with Gasteiger partial charge in [0.05, 0.1) is 0 Å². The molecular formula is C18H29N3O4. The summed E-state index contributed by atoms with van der Waals surface area (Å²) in [5.74, 6) is 0. The largest absolute Gasteiger partial charge is 0.444 e. The minimum absolute atomic E-state index is 0.211. The monoisotopic (exact) mass is 351 g/mol. The molecule has 0 saturated carbocycles. The van der Waals surface area contributed by atoms with E-state index in [1.54, 1.807) is 65.8 Å². The van der Waals surface area contributed by atoms with Crippen molar-refractivity contribution >= 4 is 23.6 Å². The Balaban J connectivity index is 2.79. The van der Waals surface area contributed by atoms with Gasteiger partial charge in [-0.05, 0) is 59.7 Å². The summed E-state index contributed by atoms with van der Waals surface area (Å²) < 4.78 is 10.6. The number of nitrogen functional groups attached to an aromatic ring is 1. The molecule has 0 fully saturated rings. The Morgan fingerprint density at radius 1 is 1.08 bits per heavy atom. The van der Waals surface area contributed by atoms with Crippen molar-refractivity contribution in [2.75, 3.05) is 23.7 Å². The lowest BCUT2D eigenvalue weighted by Gasteiger charge is -2.28. The molecule has 0 radical (unpaired) electrons. The van der Waals surface area contributed by atoms with Crippen LogP contribution in [0.2, 0.25) is 0 Å². The van der Waals surface area contributed by atoms with E-state index in [-0.39, 0.29) is 13.1 Å². The maximum absolute atomic E-state index is 12.5. The van der Waals surface area contributed by atoms with Crippen molar-refractivity contribution in [3.05, 3.63) is 24.3 Å². The molecule has 0 saturated heterocycles. The Kier molecular flexibility index (Phi) is 6.67. The summed E-state index contributed by atoms with van der Waals surface area (Å²) in [6.07, 6.45) is -1.05. The van der Waals surface area contributed by atoms with Crippen LogP contribution in [0, 0.1) is 0 Å². The van der Waals surface area contributed by atoms with Gasteiger partial charge in [-0.25, -0.2) is 9.59 Å². The normalized spacial score (nSPS) is 11.6. The topological polar surface area (TPSA) is 93.9 Å². The van der Waals surface area contributed by atoms with E-state index >= 15 is 0 Å². The second-order valence-corrected chi connectivity index (χ2v) is 7.66. The quantitative estimate of drug-likeness (QED) is 0.809. The van der Waals surface area contributed by atoms with Gasteiger partial charge in [0, 0.05) is 24.5 Å². The number of nitrogens with one attached hydrogen (secondary N) is 1. The van der Waals surface area contributed by atoms with E-state index in [2.05, 4.69) is 5.32 Å². The van der Waals surface area contributed by atoms with Gasteiger partial charge in [-0.1, -0.05) is 6.07 Å². The zero-order valence-electron chi connectivity index (χ0n) is 15.9. The number of ether oxygens (including phenoxy) is 2. The number of rotatable bonds is 4. The van der Waals surface area contributed by atoms with Gasteiger partial charge in [0.2, 0.25) is 0 Å². The van der Waals surface area contributed by atoms with Crippen LogP contribution in [0.5, 0.6) is 0 Å². The lowest BCUT2D eigenvalue weighted by atomic mass is 10.2. The van der Waals surface area contributed by atoms with Gasteiger partial charge in [0.25, 0.3) is 0 Å². The third-order valence-electron chi connectivity index (χ3n) is 2.80. The average Bonchev–Trinajstić information content (AvgIpc) is 2.39. The lowest BCUT2D eigenvalue weighted by molar-refractivity contribution is 0.0513. The molecule has 0 bridgehead atoms. The molecule has 0 aromatic heterocycles. The molecule has 0 aliphatic carbocycles. The van der Waals surface area contributed by atoms with Gasteiger partial charge in [0.15, 0.2) is 0 Å². The summed E-state index contributed by atoms with van der Waals surface area (Å²) in [5.41, 5.74) is 5.72. The Morgan fingerprint density at radius 3 is 2.20 bits per heavy atom. The molecule has 7 nitrogen and oxygen atoms in total. The maximum Gasteiger partial charge on any atom is 0.414 e. The van der Waals surface area contributed by atoms with Crippen LogP contribution < -0.4 is 16.0 Å². The summed E-state index contributed by atoms with van der Waals surface area (Å²) in [5, 5.41) is 2.63. The van der Waals surface area contributed by atoms with Crippen LogP contribution in [-0.4, -0.2) is 36.5 Å². The predicted molar refractivity (Wildman–Crippen MR) is 98.7 cm³/mol. The number of carbonyl (C=O) groups is 2. The molecule has 1 aromatic rings. The molecule has 140 valence electrons. The smallest absolute Gasteiger partial charge is 0.414 e. The summed E-state index contributed by atoms with van der Waals surface area (Å²) in [7, 11) is 0. The zero-order valence-corrected chi connectivity index (χ0v) is 15.9. The van der Waals surface area contributed by atoms with E-state index < -0.39 is 23.4 Å². The molecule has 0 aliphatic rings. The van der Waals surface area contributed by atoms with E-state index in [0.717, 1.165) is 0 Å². The minimum Gasteiger partial charge on any atom is -0.444 e. The first-order chi connectivity index (χ1) is 11.4. The number of hydrogen-bond donors (Lipinski definition) is 2. The van der Waals surface area contributed by atoms with Crippen LogP contribution in [0.4, 0.5) is 21.0 Å². The van der Waals surface area contributed by atoms with Crippen LogP contribution in [0.25, 0.3) is 0 Å².